The molecule has 3 aromatic rings. The summed E-state index contributed by atoms with van der Waals surface area (Å²) in [6.07, 6.45) is 0. The summed E-state index contributed by atoms with van der Waals surface area (Å²) < 4.78 is 98.0. The van der Waals surface area contributed by atoms with Crippen molar-refractivity contribution in [1.29, 1.82) is 0 Å². The van der Waals surface area contributed by atoms with Crippen molar-refractivity contribution >= 4 is 58.2 Å². The number of benzene rings is 3. The first-order valence-corrected chi connectivity index (χ1v) is 12.4. The van der Waals surface area contributed by atoms with E-state index in [-0.39, 0.29) is 11.1 Å². The summed E-state index contributed by atoms with van der Waals surface area (Å²) in [4.78, 5) is -2.59. The lowest BCUT2D eigenvalue weighted by Gasteiger charge is -2.10. The third-order valence-electron chi connectivity index (χ3n) is 4.10. The van der Waals surface area contributed by atoms with Gasteiger partial charge < -0.3 is 10.8 Å². The second-order valence-electron chi connectivity index (χ2n) is 6.31. The van der Waals surface area contributed by atoms with Crippen molar-refractivity contribution in [3.63, 3.8) is 0 Å². The molecule has 0 atom stereocenters. The zero-order chi connectivity index (χ0) is 24.1. The summed E-state index contributed by atoms with van der Waals surface area (Å²) in [5.74, 6) is -0.678. The Hall–Kier alpha value is -3.15. The zero-order valence-electron chi connectivity index (χ0n) is 15.5. The Morgan fingerprint density at radius 3 is 1.91 bits per heavy atom. The molecule has 0 spiro atoms. The molecule has 170 valence electrons. The van der Waals surface area contributed by atoms with Gasteiger partial charge in [0.15, 0.2) is 0 Å². The van der Waals surface area contributed by atoms with Crippen molar-refractivity contribution in [2.45, 2.75) is 14.7 Å². The fraction of sp³-hybridized carbons (Fsp3) is 0. The monoisotopic (exact) mass is 503 g/mol. The zero-order valence-corrected chi connectivity index (χ0v) is 17.9. The summed E-state index contributed by atoms with van der Waals surface area (Å²) >= 11 is 0. The van der Waals surface area contributed by atoms with E-state index in [4.69, 9.17) is 5.73 Å². The van der Waals surface area contributed by atoms with Gasteiger partial charge in [0.1, 0.15) is 26.9 Å². The van der Waals surface area contributed by atoms with Gasteiger partial charge in [-0.25, -0.2) is 0 Å². The first kappa shape index (κ1) is 23.5. The molecule has 3 aromatic carbocycles. The minimum Gasteiger partial charge on any atom is -0.506 e. The summed E-state index contributed by atoms with van der Waals surface area (Å²) in [5.41, 5.74) is 4.55. The average Bonchev–Trinajstić information content (AvgIpc) is 2.64. The maximum absolute atomic E-state index is 11.9. The number of nitrogen functional groups attached to an aromatic ring is 1. The molecule has 0 aromatic heterocycles. The second kappa shape index (κ2) is 7.76. The molecule has 0 amide bonds. The number of phenols is 1. The number of azo groups is 1. The molecule has 3 rings (SSSR count). The molecule has 0 bridgehead atoms. The van der Waals surface area contributed by atoms with Crippen molar-refractivity contribution in [3.8, 4) is 5.75 Å². The van der Waals surface area contributed by atoms with Gasteiger partial charge in [-0.1, -0.05) is 6.07 Å². The van der Waals surface area contributed by atoms with Crippen LogP contribution in [0.3, 0.4) is 0 Å². The number of fused-ring (bicyclic) bond motifs is 1. The van der Waals surface area contributed by atoms with Crippen LogP contribution in [0.1, 0.15) is 0 Å². The smallest absolute Gasteiger partial charge is 0.296 e. The van der Waals surface area contributed by atoms with E-state index in [1.54, 1.807) is 0 Å². The maximum atomic E-state index is 11.9. The van der Waals surface area contributed by atoms with Crippen molar-refractivity contribution in [2.24, 2.45) is 10.2 Å². The van der Waals surface area contributed by atoms with Gasteiger partial charge in [-0.05, 0) is 41.8 Å². The van der Waals surface area contributed by atoms with Crippen LogP contribution in [0.15, 0.2) is 67.4 Å². The summed E-state index contributed by atoms with van der Waals surface area (Å²) in [6, 6.07) is 6.47. The minimum atomic E-state index is -5.12. The molecule has 0 aliphatic heterocycles. The Morgan fingerprint density at radius 2 is 1.34 bits per heavy atom. The van der Waals surface area contributed by atoms with Crippen LogP contribution in [0.5, 0.6) is 5.75 Å². The standard InChI is InChI=1S/C16H13N3O10S3/c17-9-2-4-13(31(24,25)26)11(6-9)18-19-16-12(20)3-1-8-5-10(30(21,22)23)7-14(15(8)16)32(27,28)29/h1-7,20H,17H2,(H,21,22,23)(H,24,25,26)(H,27,28,29). The number of hydrogen-bond acceptors (Lipinski definition) is 10. The molecule has 0 unspecified atom stereocenters. The minimum absolute atomic E-state index is 0.0323. The predicted molar refractivity (Wildman–Crippen MR) is 110 cm³/mol. The molecular weight excluding hydrogens is 490 g/mol. The quantitative estimate of drug-likeness (QED) is 0.192. The number of anilines is 1. The maximum Gasteiger partial charge on any atom is 0.296 e. The first-order valence-electron chi connectivity index (χ1n) is 8.12. The van der Waals surface area contributed by atoms with E-state index in [0.717, 1.165) is 36.4 Å². The van der Waals surface area contributed by atoms with Crippen molar-refractivity contribution in [3.05, 3.63) is 42.5 Å². The molecule has 0 fully saturated rings. The summed E-state index contributed by atoms with van der Waals surface area (Å²) in [6.45, 7) is 0. The third-order valence-corrected chi connectivity index (χ3v) is 6.71. The third kappa shape index (κ3) is 4.69. The molecule has 32 heavy (non-hydrogen) atoms. The van der Waals surface area contributed by atoms with Crippen LogP contribution in [0.25, 0.3) is 10.8 Å². The van der Waals surface area contributed by atoms with Crippen LogP contribution in [0.4, 0.5) is 17.1 Å². The molecule has 0 aliphatic carbocycles. The fourth-order valence-electron chi connectivity index (χ4n) is 2.76. The molecular formula is C16H13N3O10S3. The number of aromatic hydroxyl groups is 1. The van der Waals surface area contributed by atoms with Crippen LogP contribution in [0.2, 0.25) is 0 Å². The Morgan fingerprint density at radius 1 is 0.719 bits per heavy atom. The fourth-order valence-corrected chi connectivity index (χ4v) is 4.73. The second-order valence-corrected chi connectivity index (χ2v) is 10.5. The Balaban J connectivity index is 2.39. The summed E-state index contributed by atoms with van der Waals surface area (Å²) in [7, 11) is -14.8. The largest absolute Gasteiger partial charge is 0.506 e. The van der Waals surface area contributed by atoms with Crippen LogP contribution in [-0.2, 0) is 30.4 Å². The van der Waals surface area contributed by atoms with E-state index in [1.165, 1.54) is 0 Å². The molecule has 6 N–H and O–H groups in total. The molecule has 0 saturated heterocycles. The highest BCUT2D eigenvalue weighted by molar-refractivity contribution is 7.87. The van der Waals surface area contributed by atoms with Gasteiger partial charge in [-0.3, -0.25) is 13.7 Å². The normalized spacial score (nSPS) is 13.1. The van der Waals surface area contributed by atoms with Crippen LogP contribution in [0, 0.1) is 0 Å². The lowest BCUT2D eigenvalue weighted by Crippen LogP contribution is -2.04. The molecule has 0 saturated carbocycles. The Bertz CT molecular complexity index is 1610. The average molecular weight is 503 g/mol. The number of rotatable bonds is 5. The molecule has 0 radical (unpaired) electrons. The number of nitrogens with two attached hydrogens (primary N) is 1. The van der Waals surface area contributed by atoms with Gasteiger partial charge in [-0.2, -0.15) is 25.3 Å². The molecule has 0 aliphatic rings. The Kier molecular flexibility index (Phi) is 5.71. The number of nitrogens with zero attached hydrogens (tertiary/aromatic N) is 2. The highest BCUT2D eigenvalue weighted by Crippen LogP contribution is 2.41. The van der Waals surface area contributed by atoms with E-state index in [0.29, 0.717) is 6.07 Å². The lowest BCUT2D eigenvalue weighted by atomic mass is 10.1. The van der Waals surface area contributed by atoms with E-state index in [9.17, 15) is 44.0 Å². The van der Waals surface area contributed by atoms with E-state index >= 15 is 0 Å². The SMILES string of the molecule is Nc1ccc(S(=O)(=O)O)c(N=Nc2c(O)ccc3cc(S(=O)(=O)O)cc(S(=O)(=O)O)c23)c1. The highest BCUT2D eigenvalue weighted by Gasteiger charge is 2.24. The van der Waals surface area contributed by atoms with Crippen molar-refractivity contribution in [2.75, 3.05) is 5.73 Å². The topological polar surface area (TPSA) is 234 Å². The van der Waals surface area contributed by atoms with Gasteiger partial charge in [-0.15, -0.1) is 10.2 Å². The van der Waals surface area contributed by atoms with E-state index in [1.807, 2.05) is 0 Å². The molecule has 0 heterocycles. The highest BCUT2D eigenvalue weighted by atomic mass is 32.2. The van der Waals surface area contributed by atoms with Crippen LogP contribution >= 0.6 is 0 Å². The Labute approximate surface area is 181 Å². The van der Waals surface area contributed by atoms with E-state index < -0.39 is 67.6 Å². The predicted octanol–water partition coefficient (Wildman–Crippen LogP) is 2.28. The molecule has 16 heteroatoms. The van der Waals surface area contributed by atoms with E-state index in [2.05, 4.69) is 10.2 Å². The first-order chi connectivity index (χ1) is 14.6. The summed E-state index contributed by atoms with van der Waals surface area (Å²) in [5, 5.41) is 16.8. The van der Waals surface area contributed by atoms with Crippen LogP contribution < -0.4 is 5.73 Å². The molecule has 13 nitrogen and oxygen atoms in total. The number of phenolic OH excluding ortho intramolecular Hbond substituents is 1. The lowest BCUT2D eigenvalue weighted by molar-refractivity contribution is 0.477. The van der Waals surface area contributed by atoms with Crippen molar-refractivity contribution < 1.29 is 44.0 Å². The van der Waals surface area contributed by atoms with Crippen molar-refractivity contribution in [1.82, 2.24) is 0 Å². The van der Waals surface area contributed by atoms with Gasteiger partial charge in [0, 0.05) is 11.1 Å². The van der Waals surface area contributed by atoms with Gasteiger partial charge >= 0.3 is 0 Å². The van der Waals surface area contributed by atoms with Gasteiger partial charge in [0.05, 0.1) is 4.90 Å². The van der Waals surface area contributed by atoms with Gasteiger partial charge in [0.2, 0.25) is 0 Å². The van der Waals surface area contributed by atoms with Gasteiger partial charge in [0.25, 0.3) is 30.4 Å². The number of hydrogen-bond donors (Lipinski definition) is 5. The van der Waals surface area contributed by atoms with Crippen LogP contribution in [-0.4, -0.2) is 44.0 Å².